The molecule has 1 amide bonds. The zero-order chi connectivity index (χ0) is 11.9. The van der Waals surface area contributed by atoms with E-state index in [0.717, 1.165) is 0 Å². The minimum Gasteiger partial charge on any atom is -0.464 e. The lowest BCUT2D eigenvalue weighted by atomic mass is 9.92. The smallest absolute Gasteiger partial charge is 0.423 e. The minimum atomic E-state index is -4.11. The summed E-state index contributed by atoms with van der Waals surface area (Å²) in [6.07, 6.45) is -1.05. The van der Waals surface area contributed by atoms with Crippen molar-refractivity contribution >= 4 is 16.4 Å². The second kappa shape index (κ2) is 3.64. The number of carbonyl (C=O) groups is 1. The van der Waals surface area contributed by atoms with Crippen LogP contribution in [0.3, 0.4) is 0 Å². The van der Waals surface area contributed by atoms with E-state index in [1.807, 2.05) is 13.8 Å². The Hall–Kier alpha value is -0.820. The number of carboxylic acid groups (broad SMARTS) is 1. The number of hydrogen-bond acceptors (Lipinski definition) is 4. The van der Waals surface area contributed by atoms with Gasteiger partial charge in [-0.15, -0.1) is 0 Å². The zero-order valence-corrected chi connectivity index (χ0v) is 9.74. The highest BCUT2D eigenvalue weighted by molar-refractivity contribution is 7.85. The molecule has 0 saturated carbocycles. The molecule has 15 heavy (non-hydrogen) atoms. The van der Waals surface area contributed by atoms with E-state index in [1.165, 1.54) is 0 Å². The van der Waals surface area contributed by atoms with Gasteiger partial charge in [-0.05, 0) is 19.3 Å². The van der Waals surface area contributed by atoms with Crippen molar-refractivity contribution in [2.75, 3.05) is 6.61 Å². The van der Waals surface area contributed by atoms with Gasteiger partial charge in [-0.3, -0.25) is 4.18 Å². The van der Waals surface area contributed by atoms with Gasteiger partial charge in [0.25, 0.3) is 0 Å². The monoisotopic (exact) mass is 237 g/mol. The van der Waals surface area contributed by atoms with Crippen molar-refractivity contribution in [2.24, 2.45) is 5.92 Å². The van der Waals surface area contributed by atoms with Gasteiger partial charge >= 0.3 is 16.4 Å². The van der Waals surface area contributed by atoms with Gasteiger partial charge in [0.1, 0.15) is 0 Å². The van der Waals surface area contributed by atoms with Crippen LogP contribution in [-0.4, -0.2) is 36.1 Å². The van der Waals surface area contributed by atoms with E-state index in [0.29, 0.717) is 10.7 Å². The van der Waals surface area contributed by atoms with Crippen molar-refractivity contribution in [3.63, 3.8) is 0 Å². The number of rotatable bonds is 2. The molecule has 0 spiro atoms. The summed E-state index contributed by atoms with van der Waals surface area (Å²) in [5, 5.41) is 8.86. The molecule has 88 valence electrons. The van der Waals surface area contributed by atoms with E-state index in [-0.39, 0.29) is 12.5 Å². The van der Waals surface area contributed by atoms with Crippen molar-refractivity contribution in [3.8, 4) is 0 Å². The predicted molar refractivity (Wildman–Crippen MR) is 52.6 cm³/mol. The van der Waals surface area contributed by atoms with Gasteiger partial charge in [-0.1, -0.05) is 13.8 Å². The highest BCUT2D eigenvalue weighted by atomic mass is 32.2. The van der Waals surface area contributed by atoms with Crippen LogP contribution in [0.4, 0.5) is 4.79 Å². The van der Waals surface area contributed by atoms with Gasteiger partial charge in [0.2, 0.25) is 0 Å². The standard InChI is InChI=1S/C8H15NO5S/c1-6(2)4-8(3)5-14-15(12,13)9(8)7(10)11/h6H,4-5H2,1-3H3,(H,10,11)/t8-/m0/s1. The molecule has 0 aromatic carbocycles. The molecular weight excluding hydrogens is 222 g/mol. The summed E-state index contributed by atoms with van der Waals surface area (Å²) in [6, 6.07) is 0. The number of nitrogens with zero attached hydrogens (tertiary/aromatic N) is 1. The van der Waals surface area contributed by atoms with E-state index in [4.69, 9.17) is 5.11 Å². The first-order valence-corrected chi connectivity index (χ1v) is 5.98. The maximum atomic E-state index is 11.3. The zero-order valence-electron chi connectivity index (χ0n) is 8.93. The third-order valence-corrected chi connectivity index (χ3v) is 3.71. The SMILES string of the molecule is CC(C)C[C@@]1(C)COS(=O)(=O)N1C(=O)O. The molecule has 1 aliphatic rings. The molecule has 0 unspecified atom stereocenters. The molecule has 6 nitrogen and oxygen atoms in total. The number of amides is 1. The van der Waals surface area contributed by atoms with Gasteiger partial charge in [0.05, 0.1) is 12.1 Å². The minimum absolute atomic E-state index is 0.111. The molecule has 1 atom stereocenters. The number of hydrogen-bond donors (Lipinski definition) is 1. The molecule has 1 rings (SSSR count). The molecule has 1 N–H and O–H groups in total. The van der Waals surface area contributed by atoms with Crippen LogP contribution < -0.4 is 0 Å². The molecule has 1 aliphatic heterocycles. The third kappa shape index (κ3) is 2.23. The highest BCUT2D eigenvalue weighted by Crippen LogP contribution is 2.33. The van der Waals surface area contributed by atoms with Crippen molar-refractivity contribution in [1.29, 1.82) is 0 Å². The molecule has 1 fully saturated rings. The predicted octanol–water partition coefficient (Wildman–Crippen LogP) is 1.05. The maximum absolute atomic E-state index is 11.3. The lowest BCUT2D eigenvalue weighted by Crippen LogP contribution is -2.48. The molecule has 1 saturated heterocycles. The van der Waals surface area contributed by atoms with Crippen LogP contribution in [0.2, 0.25) is 0 Å². The van der Waals surface area contributed by atoms with Crippen LogP contribution in [0.25, 0.3) is 0 Å². The summed E-state index contributed by atoms with van der Waals surface area (Å²) in [7, 11) is -4.11. The second-order valence-corrected chi connectivity index (χ2v) is 5.82. The first-order valence-electron chi connectivity index (χ1n) is 4.62. The van der Waals surface area contributed by atoms with Crippen LogP contribution in [0.1, 0.15) is 27.2 Å². The van der Waals surface area contributed by atoms with Crippen molar-refractivity contribution in [1.82, 2.24) is 4.31 Å². The van der Waals surface area contributed by atoms with E-state index >= 15 is 0 Å². The topological polar surface area (TPSA) is 83.9 Å². The largest absolute Gasteiger partial charge is 0.464 e. The van der Waals surface area contributed by atoms with Gasteiger partial charge in [-0.2, -0.15) is 12.7 Å². The van der Waals surface area contributed by atoms with Crippen LogP contribution in [-0.2, 0) is 14.5 Å². The second-order valence-electron chi connectivity index (χ2n) is 4.36. The summed E-state index contributed by atoms with van der Waals surface area (Å²) in [5.41, 5.74) is -0.987. The average Bonchev–Trinajstić information content (AvgIpc) is 2.19. The Morgan fingerprint density at radius 1 is 1.60 bits per heavy atom. The first kappa shape index (κ1) is 12.3. The fourth-order valence-corrected chi connectivity index (χ4v) is 3.30. The summed E-state index contributed by atoms with van der Waals surface area (Å²) < 4.78 is 27.6. The van der Waals surface area contributed by atoms with E-state index in [1.54, 1.807) is 6.92 Å². The highest BCUT2D eigenvalue weighted by Gasteiger charge is 2.51. The van der Waals surface area contributed by atoms with Crippen LogP contribution in [0, 0.1) is 5.92 Å². The fraction of sp³-hybridized carbons (Fsp3) is 0.875. The molecule has 0 aromatic rings. The summed E-state index contributed by atoms with van der Waals surface area (Å²) in [6.45, 7) is 5.26. The molecule has 0 bridgehead atoms. The average molecular weight is 237 g/mol. The molecule has 7 heteroatoms. The Bertz CT molecular complexity index is 363. The van der Waals surface area contributed by atoms with Crippen molar-refractivity contribution in [2.45, 2.75) is 32.7 Å². The van der Waals surface area contributed by atoms with Crippen LogP contribution >= 0.6 is 0 Å². The molecule has 0 aromatic heterocycles. The van der Waals surface area contributed by atoms with Crippen molar-refractivity contribution in [3.05, 3.63) is 0 Å². The Kier molecular flexibility index (Phi) is 2.97. The van der Waals surface area contributed by atoms with Gasteiger partial charge in [0, 0.05) is 0 Å². The Morgan fingerprint density at radius 2 is 2.13 bits per heavy atom. The quantitative estimate of drug-likeness (QED) is 0.775. The third-order valence-electron chi connectivity index (χ3n) is 2.25. The van der Waals surface area contributed by atoms with Crippen LogP contribution in [0.15, 0.2) is 0 Å². The molecule has 0 radical (unpaired) electrons. The molecule has 1 heterocycles. The summed E-state index contributed by atoms with van der Waals surface area (Å²) in [4.78, 5) is 10.9. The normalized spacial score (nSPS) is 29.7. The Morgan fingerprint density at radius 3 is 2.53 bits per heavy atom. The van der Waals surface area contributed by atoms with Crippen LogP contribution in [0.5, 0.6) is 0 Å². The van der Waals surface area contributed by atoms with Gasteiger partial charge in [0.15, 0.2) is 0 Å². The Balaban J connectivity index is 3.06. The van der Waals surface area contributed by atoms with Crippen molar-refractivity contribution < 1.29 is 22.5 Å². The fourth-order valence-electron chi connectivity index (χ4n) is 1.93. The van der Waals surface area contributed by atoms with Gasteiger partial charge < -0.3 is 5.11 Å². The van der Waals surface area contributed by atoms with Gasteiger partial charge in [-0.25, -0.2) is 4.79 Å². The van der Waals surface area contributed by atoms with E-state index in [2.05, 4.69) is 4.18 Å². The summed E-state index contributed by atoms with van der Waals surface area (Å²) >= 11 is 0. The lowest BCUT2D eigenvalue weighted by Gasteiger charge is -2.29. The first-order chi connectivity index (χ1) is 6.69. The maximum Gasteiger partial charge on any atom is 0.423 e. The Labute approximate surface area is 89.1 Å². The molecule has 0 aliphatic carbocycles. The molecular formula is C8H15NO5S. The van der Waals surface area contributed by atoms with E-state index < -0.39 is 21.9 Å². The lowest BCUT2D eigenvalue weighted by molar-refractivity contribution is 0.128. The van der Waals surface area contributed by atoms with E-state index in [9.17, 15) is 13.2 Å². The summed E-state index contributed by atoms with van der Waals surface area (Å²) in [5.74, 6) is 0.189.